The van der Waals surface area contributed by atoms with Gasteiger partial charge in [0.05, 0.1) is 0 Å². The van der Waals surface area contributed by atoms with Crippen LogP contribution in [0.15, 0.2) is 0 Å². The Morgan fingerprint density at radius 2 is 1.95 bits per heavy atom. The van der Waals surface area contributed by atoms with Crippen LogP contribution in [0.1, 0.15) is 60.3 Å². The van der Waals surface area contributed by atoms with Gasteiger partial charge in [-0.1, -0.05) is 6.92 Å². The van der Waals surface area contributed by atoms with E-state index in [-0.39, 0.29) is 23.5 Å². The second kappa shape index (κ2) is 5.05. The molecule has 114 valence electrons. The Bertz CT molecular complexity index is 412. The number of nitrogens with zero attached hydrogens (tertiary/aromatic N) is 1. The summed E-state index contributed by atoms with van der Waals surface area (Å²) < 4.78 is 5.47. The van der Waals surface area contributed by atoms with Crippen LogP contribution in [0.5, 0.6) is 0 Å². The predicted octanol–water partition coefficient (Wildman–Crippen LogP) is 3.39. The fraction of sp³-hybridized carbons (Fsp3) is 0.875. The summed E-state index contributed by atoms with van der Waals surface area (Å²) in [6.45, 7) is 10.5. The van der Waals surface area contributed by atoms with Crippen LogP contribution in [0, 0.1) is 11.3 Å². The van der Waals surface area contributed by atoms with E-state index in [2.05, 4.69) is 13.8 Å². The Morgan fingerprint density at radius 3 is 2.40 bits per heavy atom. The van der Waals surface area contributed by atoms with Crippen molar-refractivity contribution in [2.75, 3.05) is 6.54 Å². The molecule has 2 fully saturated rings. The largest absolute Gasteiger partial charge is 0.444 e. The lowest BCUT2D eigenvalue weighted by Gasteiger charge is -2.45. The molecule has 4 nitrogen and oxygen atoms in total. The number of ketones is 1. The number of likely N-dealkylation sites (tertiary alicyclic amines) is 1. The molecule has 2 rings (SSSR count). The highest BCUT2D eigenvalue weighted by atomic mass is 16.6. The first-order valence-corrected chi connectivity index (χ1v) is 7.67. The Labute approximate surface area is 121 Å². The summed E-state index contributed by atoms with van der Waals surface area (Å²) in [5.41, 5.74) is -0.336. The van der Waals surface area contributed by atoms with Crippen molar-refractivity contribution in [1.82, 2.24) is 4.90 Å². The number of piperidine rings is 1. The first-order valence-electron chi connectivity index (χ1n) is 7.67. The van der Waals surface area contributed by atoms with Gasteiger partial charge in [-0.05, 0) is 52.4 Å². The Balaban J connectivity index is 2.03. The van der Waals surface area contributed by atoms with Gasteiger partial charge < -0.3 is 9.64 Å². The summed E-state index contributed by atoms with van der Waals surface area (Å²) in [7, 11) is 0. The molecule has 2 aliphatic rings. The fourth-order valence-corrected chi connectivity index (χ4v) is 3.72. The zero-order chi connectivity index (χ0) is 15.1. The molecule has 0 aromatic rings. The van der Waals surface area contributed by atoms with Gasteiger partial charge in [0.1, 0.15) is 11.4 Å². The first kappa shape index (κ1) is 15.3. The highest BCUT2D eigenvalue weighted by Crippen LogP contribution is 2.50. The van der Waals surface area contributed by atoms with Gasteiger partial charge in [0.15, 0.2) is 0 Å². The summed E-state index contributed by atoms with van der Waals surface area (Å²) in [4.78, 5) is 25.9. The molecule has 1 aliphatic heterocycles. The predicted molar refractivity (Wildman–Crippen MR) is 77.5 cm³/mol. The van der Waals surface area contributed by atoms with E-state index in [1.54, 1.807) is 0 Å². The SMILES string of the molecule is CC1C(=O)CC[C@]12CCN(C(=O)OC(C)(C)C)[C@H](C)C2. The molecule has 1 spiro atoms. The molecule has 0 N–H and O–H groups in total. The lowest BCUT2D eigenvalue weighted by molar-refractivity contribution is -0.122. The molecular formula is C16H27NO3. The lowest BCUT2D eigenvalue weighted by Crippen LogP contribution is -2.51. The van der Waals surface area contributed by atoms with Crippen LogP contribution < -0.4 is 0 Å². The van der Waals surface area contributed by atoms with Crippen molar-refractivity contribution < 1.29 is 14.3 Å². The maximum absolute atomic E-state index is 12.2. The van der Waals surface area contributed by atoms with Gasteiger partial charge in [0.25, 0.3) is 0 Å². The number of hydrogen-bond donors (Lipinski definition) is 0. The molecule has 1 aliphatic carbocycles. The van der Waals surface area contributed by atoms with Crippen molar-refractivity contribution in [1.29, 1.82) is 0 Å². The van der Waals surface area contributed by atoms with Crippen molar-refractivity contribution in [2.45, 2.75) is 71.9 Å². The van der Waals surface area contributed by atoms with Crippen LogP contribution in [-0.4, -0.2) is 35.0 Å². The molecule has 1 saturated heterocycles. The van der Waals surface area contributed by atoms with Crippen LogP contribution in [-0.2, 0) is 9.53 Å². The van der Waals surface area contributed by atoms with E-state index in [1.807, 2.05) is 25.7 Å². The van der Waals surface area contributed by atoms with Crippen molar-refractivity contribution in [2.24, 2.45) is 11.3 Å². The molecule has 1 unspecified atom stereocenters. The zero-order valence-electron chi connectivity index (χ0n) is 13.4. The first-order chi connectivity index (χ1) is 9.15. The lowest BCUT2D eigenvalue weighted by atomic mass is 9.69. The monoisotopic (exact) mass is 281 g/mol. The van der Waals surface area contributed by atoms with E-state index in [0.717, 1.165) is 19.3 Å². The van der Waals surface area contributed by atoms with Gasteiger partial charge in [-0.25, -0.2) is 4.79 Å². The quantitative estimate of drug-likeness (QED) is 0.683. The molecule has 4 heteroatoms. The number of carbonyl (C=O) groups excluding carboxylic acids is 2. The molecule has 0 aromatic carbocycles. The van der Waals surface area contributed by atoms with E-state index in [0.29, 0.717) is 18.7 Å². The minimum atomic E-state index is -0.456. The van der Waals surface area contributed by atoms with Gasteiger partial charge in [0.2, 0.25) is 0 Å². The van der Waals surface area contributed by atoms with Gasteiger partial charge >= 0.3 is 6.09 Å². The second-order valence-electron chi connectivity index (χ2n) is 7.53. The highest BCUT2D eigenvalue weighted by Gasteiger charge is 2.49. The number of hydrogen-bond acceptors (Lipinski definition) is 3. The van der Waals surface area contributed by atoms with Crippen LogP contribution in [0.25, 0.3) is 0 Å². The Hall–Kier alpha value is -1.06. The van der Waals surface area contributed by atoms with Gasteiger partial charge in [-0.2, -0.15) is 0 Å². The Kier molecular flexibility index (Phi) is 3.87. The molecular weight excluding hydrogens is 254 g/mol. The average Bonchev–Trinajstić information content (AvgIpc) is 2.56. The van der Waals surface area contributed by atoms with Gasteiger partial charge in [-0.3, -0.25) is 4.79 Å². The smallest absolute Gasteiger partial charge is 0.410 e. The topological polar surface area (TPSA) is 46.6 Å². The summed E-state index contributed by atoms with van der Waals surface area (Å²) in [5, 5.41) is 0. The number of Topliss-reactive ketones (excluding diaryl/α,β-unsaturated/α-hetero) is 1. The summed E-state index contributed by atoms with van der Waals surface area (Å²) in [6.07, 6.45) is 3.31. The minimum Gasteiger partial charge on any atom is -0.444 e. The average molecular weight is 281 g/mol. The summed E-state index contributed by atoms with van der Waals surface area (Å²) in [6, 6.07) is 0.145. The Morgan fingerprint density at radius 1 is 1.30 bits per heavy atom. The molecule has 0 radical (unpaired) electrons. The van der Waals surface area contributed by atoms with Crippen molar-refractivity contribution in [3.8, 4) is 0 Å². The van der Waals surface area contributed by atoms with Crippen molar-refractivity contribution in [3.05, 3.63) is 0 Å². The van der Waals surface area contributed by atoms with Gasteiger partial charge in [-0.15, -0.1) is 0 Å². The molecule has 20 heavy (non-hydrogen) atoms. The standard InChI is InChI=1S/C16H27NO3/c1-11-10-16(7-6-13(18)12(16)2)8-9-17(11)14(19)20-15(3,4)5/h11-12H,6-10H2,1-5H3/t11-,12?,16-/m1/s1. The number of rotatable bonds is 0. The van der Waals surface area contributed by atoms with Crippen LogP contribution in [0.4, 0.5) is 4.79 Å². The maximum atomic E-state index is 12.2. The van der Waals surface area contributed by atoms with Crippen LogP contribution in [0.2, 0.25) is 0 Å². The van der Waals surface area contributed by atoms with E-state index in [1.165, 1.54) is 0 Å². The number of ether oxygens (including phenoxy) is 1. The van der Waals surface area contributed by atoms with Crippen molar-refractivity contribution in [3.63, 3.8) is 0 Å². The van der Waals surface area contributed by atoms with Crippen molar-refractivity contribution >= 4 is 11.9 Å². The van der Waals surface area contributed by atoms with Crippen LogP contribution >= 0.6 is 0 Å². The second-order valence-corrected chi connectivity index (χ2v) is 7.53. The molecule has 1 amide bonds. The summed E-state index contributed by atoms with van der Waals surface area (Å²) >= 11 is 0. The fourth-order valence-electron chi connectivity index (χ4n) is 3.72. The molecule has 1 saturated carbocycles. The number of carbonyl (C=O) groups is 2. The number of amides is 1. The molecule has 0 bridgehead atoms. The molecule has 0 aromatic heterocycles. The van der Waals surface area contributed by atoms with E-state index < -0.39 is 5.60 Å². The van der Waals surface area contributed by atoms with Gasteiger partial charge in [0, 0.05) is 24.9 Å². The molecule has 3 atom stereocenters. The third-order valence-corrected chi connectivity index (χ3v) is 4.98. The third kappa shape index (κ3) is 2.84. The van der Waals surface area contributed by atoms with Crippen LogP contribution in [0.3, 0.4) is 0 Å². The maximum Gasteiger partial charge on any atom is 0.410 e. The van der Waals surface area contributed by atoms with E-state index in [9.17, 15) is 9.59 Å². The molecule has 1 heterocycles. The summed E-state index contributed by atoms with van der Waals surface area (Å²) in [5.74, 6) is 0.536. The zero-order valence-corrected chi connectivity index (χ0v) is 13.4. The van der Waals surface area contributed by atoms with E-state index >= 15 is 0 Å². The normalized spacial score (nSPS) is 34.6. The minimum absolute atomic E-state index is 0.120. The third-order valence-electron chi connectivity index (χ3n) is 4.98. The van der Waals surface area contributed by atoms with E-state index in [4.69, 9.17) is 4.74 Å². The highest BCUT2D eigenvalue weighted by molar-refractivity contribution is 5.84.